The predicted molar refractivity (Wildman–Crippen MR) is 143 cm³/mol. The molecule has 4 atom stereocenters. The van der Waals surface area contributed by atoms with Crippen LogP contribution in [-0.4, -0.2) is 67.2 Å². The van der Waals surface area contributed by atoms with E-state index in [0.29, 0.717) is 12.8 Å². The highest BCUT2D eigenvalue weighted by molar-refractivity contribution is 6.39. The third-order valence-electron chi connectivity index (χ3n) is 7.83. The number of ether oxygens (including phenoxy) is 1. The number of alkyl halides is 3. The summed E-state index contributed by atoms with van der Waals surface area (Å²) in [6.45, 7) is 4.67. The van der Waals surface area contributed by atoms with Crippen LogP contribution in [0.1, 0.15) is 85.3 Å². The number of hydrogen-bond donors (Lipinski definition) is 1. The molecule has 2 aromatic heterocycles. The van der Waals surface area contributed by atoms with Crippen LogP contribution in [0.15, 0.2) is 18.6 Å². The maximum absolute atomic E-state index is 14.5. The maximum Gasteiger partial charge on any atom is 0.433 e. The molecule has 1 aliphatic carbocycles. The number of aromatic nitrogens is 3. The molecule has 41 heavy (non-hydrogen) atoms. The zero-order valence-electron chi connectivity index (χ0n) is 22.8. The highest BCUT2D eigenvalue weighted by atomic mass is 35.5. The number of hydrogen-bond acceptors (Lipinski definition) is 6. The highest BCUT2D eigenvalue weighted by Crippen LogP contribution is 2.41. The Balaban J connectivity index is 1.68. The number of Topliss-reactive ketones (excluding diaryl/α,β-unsaturated/α-hetero) is 1. The first kappa shape index (κ1) is 31.2. The van der Waals surface area contributed by atoms with Gasteiger partial charge in [0, 0.05) is 18.9 Å². The molecule has 0 bridgehead atoms. The smallest absolute Gasteiger partial charge is 0.433 e. The van der Waals surface area contributed by atoms with Crippen LogP contribution in [0.3, 0.4) is 0 Å². The fourth-order valence-corrected chi connectivity index (χ4v) is 6.38. The van der Waals surface area contributed by atoms with Crippen LogP contribution in [0.25, 0.3) is 0 Å². The number of aliphatic carboxylic acids is 1. The minimum atomic E-state index is -4.95. The second-order valence-corrected chi connectivity index (χ2v) is 12.2. The van der Waals surface area contributed by atoms with Crippen molar-refractivity contribution in [3.63, 3.8) is 0 Å². The van der Waals surface area contributed by atoms with Gasteiger partial charge in [-0.25, -0.2) is 0 Å². The number of carbonyl (C=O) groups is 3. The Morgan fingerprint density at radius 2 is 1.80 bits per heavy atom. The topological polar surface area (TPSA) is 115 Å². The molecular formula is C27H31Cl2F3N4O5. The van der Waals surface area contributed by atoms with Gasteiger partial charge in [-0.05, 0) is 51.9 Å². The van der Waals surface area contributed by atoms with E-state index in [-0.39, 0.29) is 47.3 Å². The monoisotopic (exact) mass is 618 g/mol. The van der Waals surface area contributed by atoms with Gasteiger partial charge in [0.05, 0.1) is 57.6 Å². The zero-order chi connectivity index (χ0) is 30.3. The molecule has 0 unspecified atom stereocenters. The van der Waals surface area contributed by atoms with E-state index in [0.717, 1.165) is 15.8 Å². The largest absolute Gasteiger partial charge is 0.481 e. The number of carbonyl (C=O) groups excluding carboxylic acids is 2. The van der Waals surface area contributed by atoms with Gasteiger partial charge in [0.15, 0.2) is 11.5 Å². The molecule has 14 heteroatoms. The Bertz CT molecular complexity index is 1310. The molecule has 2 fully saturated rings. The van der Waals surface area contributed by atoms with Crippen LogP contribution in [0.2, 0.25) is 10.0 Å². The number of amides is 1. The Morgan fingerprint density at radius 3 is 2.34 bits per heavy atom. The van der Waals surface area contributed by atoms with Crippen molar-refractivity contribution < 1.29 is 37.4 Å². The molecule has 2 aliphatic rings. The lowest BCUT2D eigenvalue weighted by Crippen LogP contribution is -2.42. The number of rotatable bonds is 8. The number of carboxylic acid groups (broad SMARTS) is 1. The summed E-state index contributed by atoms with van der Waals surface area (Å²) in [4.78, 5) is 43.4. The summed E-state index contributed by atoms with van der Waals surface area (Å²) in [7, 11) is 0. The van der Waals surface area contributed by atoms with E-state index in [1.807, 2.05) is 13.8 Å². The zero-order valence-corrected chi connectivity index (χ0v) is 24.3. The summed E-state index contributed by atoms with van der Waals surface area (Å²) in [5, 5.41) is 13.3. The molecule has 3 heterocycles. The van der Waals surface area contributed by atoms with Gasteiger partial charge in [-0.15, -0.1) is 0 Å². The van der Waals surface area contributed by atoms with Gasteiger partial charge >= 0.3 is 12.1 Å². The van der Waals surface area contributed by atoms with E-state index in [1.54, 1.807) is 6.92 Å². The van der Waals surface area contributed by atoms with Crippen molar-refractivity contribution in [2.75, 3.05) is 13.1 Å². The molecule has 0 aromatic carbocycles. The van der Waals surface area contributed by atoms with Crippen LogP contribution in [-0.2, 0) is 15.7 Å². The van der Waals surface area contributed by atoms with Crippen LogP contribution >= 0.6 is 23.2 Å². The van der Waals surface area contributed by atoms with Crippen molar-refractivity contribution in [1.29, 1.82) is 0 Å². The van der Waals surface area contributed by atoms with E-state index < -0.39 is 65.3 Å². The van der Waals surface area contributed by atoms with Crippen molar-refractivity contribution >= 4 is 40.9 Å². The second kappa shape index (κ2) is 11.9. The molecule has 1 aliphatic heterocycles. The molecular weight excluding hydrogens is 588 g/mol. The van der Waals surface area contributed by atoms with Crippen LogP contribution < -0.4 is 0 Å². The van der Waals surface area contributed by atoms with Gasteiger partial charge in [0.1, 0.15) is 0 Å². The molecule has 1 saturated heterocycles. The Labute approximate surface area is 244 Å². The fourth-order valence-electron chi connectivity index (χ4n) is 5.81. The number of halogens is 5. The van der Waals surface area contributed by atoms with E-state index in [4.69, 9.17) is 27.9 Å². The van der Waals surface area contributed by atoms with E-state index in [2.05, 4.69) is 10.1 Å². The number of pyridine rings is 1. The lowest BCUT2D eigenvalue weighted by Gasteiger charge is -2.33. The average molecular weight is 619 g/mol. The van der Waals surface area contributed by atoms with Gasteiger partial charge in [0.25, 0.3) is 5.91 Å². The first-order valence-corrected chi connectivity index (χ1v) is 14.0. The summed E-state index contributed by atoms with van der Waals surface area (Å²) in [6.07, 6.45) is -0.478. The molecule has 4 rings (SSSR count). The molecule has 2 aromatic rings. The second-order valence-electron chi connectivity index (χ2n) is 11.4. The fraction of sp³-hybridized carbons (Fsp3) is 0.593. The van der Waals surface area contributed by atoms with Crippen molar-refractivity contribution in [2.45, 2.75) is 76.8 Å². The molecule has 1 amide bonds. The van der Waals surface area contributed by atoms with Gasteiger partial charge in [-0.1, -0.05) is 30.1 Å². The summed E-state index contributed by atoms with van der Waals surface area (Å²) in [5.74, 6) is -3.76. The minimum absolute atomic E-state index is 0.0527. The number of nitrogens with zero attached hydrogens (tertiary/aromatic N) is 4. The minimum Gasteiger partial charge on any atom is -0.481 e. The van der Waals surface area contributed by atoms with E-state index >= 15 is 0 Å². The maximum atomic E-state index is 14.5. The predicted octanol–water partition coefficient (Wildman–Crippen LogP) is 5.95. The van der Waals surface area contributed by atoms with Crippen molar-refractivity contribution in [1.82, 2.24) is 19.7 Å². The van der Waals surface area contributed by atoms with E-state index in [9.17, 15) is 32.7 Å². The van der Waals surface area contributed by atoms with E-state index in [1.165, 1.54) is 12.4 Å². The quantitative estimate of drug-likeness (QED) is 0.364. The van der Waals surface area contributed by atoms with Crippen molar-refractivity contribution in [3.05, 3.63) is 45.5 Å². The molecule has 9 nitrogen and oxygen atoms in total. The number of ketones is 1. The summed E-state index contributed by atoms with van der Waals surface area (Å²) < 4.78 is 50.3. The Kier molecular flexibility index (Phi) is 9.06. The Hall–Kier alpha value is -2.70. The number of carboxylic acids is 1. The van der Waals surface area contributed by atoms with Crippen LogP contribution in [0, 0.1) is 11.8 Å². The molecule has 1 N–H and O–H groups in total. The summed E-state index contributed by atoms with van der Waals surface area (Å²) in [5.41, 5.74) is -2.53. The molecule has 1 saturated carbocycles. The van der Waals surface area contributed by atoms with Crippen molar-refractivity contribution in [2.24, 2.45) is 11.8 Å². The van der Waals surface area contributed by atoms with Gasteiger partial charge in [0.2, 0.25) is 0 Å². The third-order valence-corrected chi connectivity index (χ3v) is 8.40. The summed E-state index contributed by atoms with van der Waals surface area (Å²) >= 11 is 12.3. The normalized spacial score (nSPS) is 24.3. The SMILES string of the molecule is C[C@@H]1C[C@@H](n2ncc(C(=O)N(CC(=O)c3c(Cl)cncc3Cl)C[C@@H]3CCC(C)(C)O3)c2C(F)(F)F)CC[C@@H]1C(=O)O. The average Bonchev–Trinajstić information content (AvgIpc) is 3.46. The molecule has 0 spiro atoms. The van der Waals surface area contributed by atoms with Crippen molar-refractivity contribution in [3.8, 4) is 0 Å². The highest BCUT2D eigenvalue weighted by Gasteiger charge is 2.45. The van der Waals surface area contributed by atoms with Crippen LogP contribution in [0.4, 0.5) is 13.2 Å². The summed E-state index contributed by atoms with van der Waals surface area (Å²) in [6, 6.07) is -0.748. The lowest BCUT2D eigenvalue weighted by molar-refractivity contribution is -0.149. The van der Waals surface area contributed by atoms with Gasteiger partial charge in [-0.3, -0.25) is 24.0 Å². The lowest BCUT2D eigenvalue weighted by atomic mass is 9.78. The first-order chi connectivity index (χ1) is 19.1. The third kappa shape index (κ3) is 6.86. The molecule has 0 radical (unpaired) electrons. The first-order valence-electron chi connectivity index (χ1n) is 13.3. The van der Waals surface area contributed by atoms with Crippen LogP contribution in [0.5, 0.6) is 0 Å². The molecule has 224 valence electrons. The van der Waals surface area contributed by atoms with Gasteiger partial charge in [-0.2, -0.15) is 18.3 Å². The Morgan fingerprint density at radius 1 is 1.15 bits per heavy atom. The standard InChI is InChI=1S/C27H31Cl2F3N4O5/c1-14-8-15(4-5-17(14)25(39)40)36-23(27(30,31)32)18(9-34-36)24(38)35(12-16-6-7-26(2,3)41-16)13-21(37)22-19(28)10-33-11-20(22)29/h9-11,14-17H,4-8,12-13H2,1-3H3,(H,39,40)/t14-,15+,16+,17+/m1/s1. The van der Waals surface area contributed by atoms with Gasteiger partial charge < -0.3 is 14.7 Å².